The van der Waals surface area contributed by atoms with Crippen LogP contribution in [0.2, 0.25) is 0 Å². The molecule has 0 aromatic heterocycles. The van der Waals surface area contributed by atoms with E-state index in [0.29, 0.717) is 18.9 Å². The number of aliphatic hydroxyl groups excluding tert-OH is 1. The number of aromatic hydroxyl groups is 1. The van der Waals surface area contributed by atoms with Crippen LogP contribution in [-0.2, 0) is 6.42 Å². The molecule has 0 saturated heterocycles. The van der Waals surface area contributed by atoms with Gasteiger partial charge >= 0.3 is 5.97 Å². The van der Waals surface area contributed by atoms with Gasteiger partial charge in [0.1, 0.15) is 17.1 Å². The van der Waals surface area contributed by atoms with E-state index in [2.05, 4.69) is 17.4 Å². The number of rotatable bonds is 11. The number of benzene rings is 3. The Morgan fingerprint density at radius 3 is 2.26 bits per heavy atom. The summed E-state index contributed by atoms with van der Waals surface area (Å²) < 4.78 is 5.64. The monoisotopic (exact) mass is 485 g/mol. The molecule has 0 bridgehead atoms. The number of aromatic carboxylic acids is 1. The predicted octanol–water partition coefficient (Wildman–Crippen LogP) is 5.22. The second-order valence-electron chi connectivity index (χ2n) is 8.09. The lowest BCUT2D eigenvalue weighted by Gasteiger charge is -2.21. The van der Waals surface area contributed by atoms with Gasteiger partial charge in [-0.1, -0.05) is 49.4 Å². The minimum absolute atomic E-state index is 0. The number of nitrogens with one attached hydrogen (secondary N) is 1. The number of carboxylic acid groups (broad SMARTS) is 1. The highest BCUT2D eigenvalue weighted by atomic mass is 35.5. The molecular weight excluding hydrogens is 454 g/mol. The van der Waals surface area contributed by atoms with Gasteiger partial charge in [0.25, 0.3) is 0 Å². The number of halogens is 1. The van der Waals surface area contributed by atoms with Crippen molar-refractivity contribution in [2.75, 3.05) is 13.2 Å². The molecule has 0 aliphatic heterocycles. The number of carboxylic acids is 1. The lowest BCUT2D eigenvalue weighted by atomic mass is 10.0. The van der Waals surface area contributed by atoms with Crippen molar-refractivity contribution in [1.82, 2.24) is 5.32 Å². The van der Waals surface area contributed by atoms with Gasteiger partial charge in [0.15, 0.2) is 0 Å². The Bertz CT molecular complexity index is 1050. The third-order valence-electron chi connectivity index (χ3n) is 5.55. The number of phenols is 1. The van der Waals surface area contributed by atoms with E-state index in [4.69, 9.17) is 4.74 Å². The van der Waals surface area contributed by atoms with Gasteiger partial charge in [-0.2, -0.15) is 0 Å². The van der Waals surface area contributed by atoms with E-state index in [1.165, 1.54) is 0 Å². The van der Waals surface area contributed by atoms with E-state index in [1.54, 1.807) is 42.5 Å². The Balaban J connectivity index is 0.00000408. The second kappa shape index (κ2) is 13.0. The lowest BCUT2D eigenvalue weighted by Crippen LogP contribution is -2.33. The number of aliphatic hydroxyl groups is 1. The molecule has 0 unspecified atom stereocenters. The summed E-state index contributed by atoms with van der Waals surface area (Å²) in [5.74, 6) is -0.436. The molecule has 0 fully saturated rings. The Kier molecular flexibility index (Phi) is 10.4. The topological polar surface area (TPSA) is 99.0 Å². The molecule has 6 nitrogen and oxygen atoms in total. The van der Waals surface area contributed by atoms with Crippen molar-refractivity contribution in [3.63, 3.8) is 0 Å². The number of phenolic OH excluding ortho intramolecular Hbond substituents is 1. The molecule has 34 heavy (non-hydrogen) atoms. The van der Waals surface area contributed by atoms with E-state index in [9.17, 15) is 20.1 Å². The van der Waals surface area contributed by atoms with E-state index in [0.717, 1.165) is 35.1 Å². The molecule has 3 aromatic carbocycles. The van der Waals surface area contributed by atoms with Crippen LogP contribution in [0.25, 0.3) is 11.1 Å². The first-order valence-electron chi connectivity index (χ1n) is 11.2. The molecule has 2 atom stereocenters. The molecule has 7 heteroatoms. The molecule has 0 amide bonds. The normalized spacial score (nSPS) is 12.4. The number of carbonyl (C=O) groups is 1. The smallest absolute Gasteiger partial charge is 0.339 e. The maximum Gasteiger partial charge on any atom is 0.339 e. The van der Waals surface area contributed by atoms with Gasteiger partial charge in [0, 0.05) is 6.04 Å². The standard InChI is InChI=1S/C27H31NO5.ClH/c1-3-16-33-25-17-22(10-13-24(25)27(31)32)20-6-4-19(5-7-20)14-15-28-18(2)26(30)21-8-11-23(29)12-9-21;/h4-13,17-18,26,28-30H,3,14-16H2,1-2H3,(H,31,32);1H/t18-,26-;/m0./s1. The highest BCUT2D eigenvalue weighted by Gasteiger charge is 2.16. The molecule has 4 N–H and O–H groups in total. The fourth-order valence-corrected chi connectivity index (χ4v) is 3.59. The molecular formula is C27H32ClNO5. The third-order valence-corrected chi connectivity index (χ3v) is 5.55. The molecule has 3 aromatic rings. The van der Waals surface area contributed by atoms with E-state index < -0.39 is 12.1 Å². The largest absolute Gasteiger partial charge is 0.508 e. The van der Waals surface area contributed by atoms with Crippen molar-refractivity contribution in [1.29, 1.82) is 0 Å². The zero-order valence-corrected chi connectivity index (χ0v) is 20.2. The highest BCUT2D eigenvalue weighted by molar-refractivity contribution is 5.92. The predicted molar refractivity (Wildman–Crippen MR) is 136 cm³/mol. The molecule has 0 radical (unpaired) electrons. The second-order valence-corrected chi connectivity index (χ2v) is 8.09. The fraction of sp³-hybridized carbons (Fsp3) is 0.296. The number of ether oxygens (including phenoxy) is 1. The van der Waals surface area contributed by atoms with Crippen LogP contribution in [0.1, 0.15) is 47.9 Å². The van der Waals surface area contributed by atoms with Crippen LogP contribution in [0.3, 0.4) is 0 Å². The average molecular weight is 486 g/mol. The highest BCUT2D eigenvalue weighted by Crippen LogP contribution is 2.28. The first-order chi connectivity index (χ1) is 15.9. The molecule has 0 aliphatic carbocycles. The van der Waals surface area contributed by atoms with E-state index >= 15 is 0 Å². The summed E-state index contributed by atoms with van der Waals surface area (Å²) in [4.78, 5) is 11.5. The Labute approximate surface area is 206 Å². The lowest BCUT2D eigenvalue weighted by molar-refractivity contribution is 0.0692. The minimum atomic E-state index is -1.000. The molecule has 0 spiro atoms. The maximum absolute atomic E-state index is 11.5. The Morgan fingerprint density at radius 2 is 1.65 bits per heavy atom. The van der Waals surface area contributed by atoms with Crippen LogP contribution < -0.4 is 10.1 Å². The van der Waals surface area contributed by atoms with Gasteiger partial charge in [-0.25, -0.2) is 4.79 Å². The summed E-state index contributed by atoms with van der Waals surface area (Å²) in [7, 11) is 0. The van der Waals surface area contributed by atoms with Crippen molar-refractivity contribution >= 4 is 18.4 Å². The van der Waals surface area contributed by atoms with Gasteiger partial charge in [0.2, 0.25) is 0 Å². The summed E-state index contributed by atoms with van der Waals surface area (Å²) >= 11 is 0. The molecule has 0 heterocycles. The van der Waals surface area contributed by atoms with Crippen LogP contribution in [0.15, 0.2) is 66.7 Å². The summed E-state index contributed by atoms with van der Waals surface area (Å²) in [6.07, 6.45) is 0.942. The zero-order valence-electron chi connectivity index (χ0n) is 19.4. The van der Waals surface area contributed by atoms with Crippen LogP contribution in [0.4, 0.5) is 0 Å². The zero-order chi connectivity index (χ0) is 23.8. The van der Waals surface area contributed by atoms with Crippen LogP contribution in [0.5, 0.6) is 11.5 Å². The summed E-state index contributed by atoms with van der Waals surface area (Å²) in [6.45, 7) is 5.08. The van der Waals surface area contributed by atoms with Crippen molar-refractivity contribution in [3.8, 4) is 22.6 Å². The van der Waals surface area contributed by atoms with Crippen LogP contribution in [0, 0.1) is 0 Å². The Morgan fingerprint density at radius 1 is 1.00 bits per heavy atom. The maximum atomic E-state index is 11.5. The van der Waals surface area contributed by atoms with Crippen molar-refractivity contribution in [3.05, 3.63) is 83.4 Å². The van der Waals surface area contributed by atoms with Crippen LogP contribution >= 0.6 is 12.4 Å². The third kappa shape index (κ3) is 7.22. The first-order valence-corrected chi connectivity index (χ1v) is 11.2. The van der Waals surface area contributed by atoms with Crippen molar-refractivity contribution in [2.24, 2.45) is 0 Å². The molecule has 0 saturated carbocycles. The summed E-state index contributed by atoms with van der Waals surface area (Å²) in [6, 6.07) is 19.7. The van der Waals surface area contributed by atoms with E-state index in [1.807, 2.05) is 26.0 Å². The van der Waals surface area contributed by atoms with Gasteiger partial charge in [0.05, 0.1) is 12.7 Å². The van der Waals surface area contributed by atoms with Gasteiger partial charge in [-0.15, -0.1) is 12.4 Å². The van der Waals surface area contributed by atoms with Gasteiger partial charge < -0.3 is 25.4 Å². The van der Waals surface area contributed by atoms with Gasteiger partial charge in [-0.05, 0) is 72.8 Å². The van der Waals surface area contributed by atoms with Crippen LogP contribution in [-0.4, -0.2) is 40.5 Å². The molecule has 182 valence electrons. The fourth-order valence-electron chi connectivity index (χ4n) is 3.59. The van der Waals surface area contributed by atoms with Gasteiger partial charge in [-0.3, -0.25) is 0 Å². The number of hydrogen-bond acceptors (Lipinski definition) is 5. The Hall–Kier alpha value is -3.06. The summed E-state index contributed by atoms with van der Waals surface area (Å²) in [5.41, 5.74) is 3.97. The average Bonchev–Trinajstić information content (AvgIpc) is 2.82. The SMILES string of the molecule is CCCOc1cc(-c2ccc(CCN[C@@H](C)[C@H](O)c3ccc(O)cc3)cc2)ccc1C(=O)O.Cl. The summed E-state index contributed by atoms with van der Waals surface area (Å²) in [5, 5.41) is 32.6. The first kappa shape index (κ1) is 27.2. The quantitative estimate of drug-likeness (QED) is 0.297. The van der Waals surface area contributed by atoms with E-state index in [-0.39, 0.29) is 29.8 Å². The van der Waals surface area contributed by atoms with Crippen molar-refractivity contribution in [2.45, 2.75) is 38.8 Å². The minimum Gasteiger partial charge on any atom is -0.508 e. The molecule has 3 rings (SSSR count). The van der Waals surface area contributed by atoms with Crippen molar-refractivity contribution < 1.29 is 24.9 Å². The molecule has 0 aliphatic rings. The number of hydrogen-bond donors (Lipinski definition) is 4.